The van der Waals surface area contributed by atoms with Crippen molar-refractivity contribution in [2.75, 3.05) is 39.1 Å². The standard InChI is InChI=1S/C20H31N3O3/c1-5-26-18-7-6-16(20(25)23(3)4)13-17(18)22-19(24)12-14(2)15-8-10-21-11-9-15/h6-7,13-15,21H,5,8-12H2,1-4H3,(H,22,24). The molecular formula is C20H31N3O3. The third-order valence-corrected chi connectivity index (χ3v) is 4.90. The minimum Gasteiger partial charge on any atom is -0.492 e. The van der Waals surface area contributed by atoms with E-state index in [-0.39, 0.29) is 11.8 Å². The molecule has 1 unspecified atom stereocenters. The van der Waals surface area contributed by atoms with E-state index >= 15 is 0 Å². The number of nitrogens with one attached hydrogen (secondary N) is 2. The van der Waals surface area contributed by atoms with Crippen LogP contribution in [0.1, 0.15) is 43.5 Å². The number of anilines is 1. The first-order valence-electron chi connectivity index (χ1n) is 9.41. The van der Waals surface area contributed by atoms with E-state index < -0.39 is 0 Å². The summed E-state index contributed by atoms with van der Waals surface area (Å²) in [5.74, 6) is 1.36. The summed E-state index contributed by atoms with van der Waals surface area (Å²) in [5.41, 5.74) is 1.09. The van der Waals surface area contributed by atoms with E-state index in [2.05, 4.69) is 17.6 Å². The van der Waals surface area contributed by atoms with E-state index in [1.165, 1.54) is 4.90 Å². The van der Waals surface area contributed by atoms with Crippen LogP contribution in [0, 0.1) is 11.8 Å². The van der Waals surface area contributed by atoms with Gasteiger partial charge in [-0.1, -0.05) is 6.92 Å². The molecule has 0 bridgehead atoms. The first-order valence-corrected chi connectivity index (χ1v) is 9.41. The normalized spacial score (nSPS) is 16.0. The number of amides is 2. The lowest BCUT2D eigenvalue weighted by molar-refractivity contribution is -0.117. The number of piperidine rings is 1. The largest absolute Gasteiger partial charge is 0.492 e. The van der Waals surface area contributed by atoms with Crippen LogP contribution in [-0.2, 0) is 4.79 Å². The number of ether oxygens (including phenoxy) is 1. The van der Waals surface area contributed by atoms with Gasteiger partial charge in [0.2, 0.25) is 5.91 Å². The molecular weight excluding hydrogens is 330 g/mol. The Morgan fingerprint density at radius 3 is 2.62 bits per heavy atom. The van der Waals surface area contributed by atoms with Gasteiger partial charge < -0.3 is 20.3 Å². The molecule has 0 radical (unpaired) electrons. The third kappa shape index (κ3) is 5.46. The second kappa shape index (κ2) is 9.57. The van der Waals surface area contributed by atoms with Gasteiger partial charge in [-0.25, -0.2) is 0 Å². The van der Waals surface area contributed by atoms with Gasteiger partial charge in [0.25, 0.3) is 5.91 Å². The van der Waals surface area contributed by atoms with Gasteiger partial charge in [-0.2, -0.15) is 0 Å². The fourth-order valence-electron chi connectivity index (χ4n) is 3.37. The van der Waals surface area contributed by atoms with Crippen LogP contribution in [0.4, 0.5) is 5.69 Å². The van der Waals surface area contributed by atoms with Crippen molar-refractivity contribution >= 4 is 17.5 Å². The molecule has 1 heterocycles. The second-order valence-corrected chi connectivity index (χ2v) is 7.16. The molecule has 1 aliphatic rings. The first-order chi connectivity index (χ1) is 12.4. The van der Waals surface area contributed by atoms with Gasteiger partial charge in [-0.15, -0.1) is 0 Å². The molecule has 0 aliphatic carbocycles. The average molecular weight is 361 g/mol. The molecule has 2 N–H and O–H groups in total. The van der Waals surface area contributed by atoms with Crippen LogP contribution in [0.5, 0.6) is 5.75 Å². The highest BCUT2D eigenvalue weighted by Gasteiger charge is 2.22. The molecule has 0 spiro atoms. The van der Waals surface area contributed by atoms with Gasteiger partial charge in [0.15, 0.2) is 0 Å². The molecule has 2 rings (SSSR count). The lowest BCUT2D eigenvalue weighted by Crippen LogP contribution is -2.32. The van der Waals surface area contributed by atoms with Crippen molar-refractivity contribution in [2.45, 2.75) is 33.1 Å². The van der Waals surface area contributed by atoms with E-state index in [0.717, 1.165) is 25.9 Å². The van der Waals surface area contributed by atoms with Crippen molar-refractivity contribution < 1.29 is 14.3 Å². The summed E-state index contributed by atoms with van der Waals surface area (Å²) in [4.78, 5) is 26.3. The van der Waals surface area contributed by atoms with Gasteiger partial charge in [-0.3, -0.25) is 9.59 Å². The molecule has 26 heavy (non-hydrogen) atoms. The van der Waals surface area contributed by atoms with Crippen LogP contribution >= 0.6 is 0 Å². The van der Waals surface area contributed by atoms with Crippen molar-refractivity contribution in [3.8, 4) is 5.75 Å². The topological polar surface area (TPSA) is 70.7 Å². The van der Waals surface area contributed by atoms with Crippen molar-refractivity contribution in [3.05, 3.63) is 23.8 Å². The number of rotatable bonds is 7. The number of hydrogen-bond acceptors (Lipinski definition) is 4. The molecule has 2 amide bonds. The van der Waals surface area contributed by atoms with Gasteiger partial charge in [-0.05, 0) is 62.9 Å². The average Bonchev–Trinajstić information content (AvgIpc) is 2.63. The predicted octanol–water partition coefficient (Wildman–Crippen LogP) is 2.75. The minimum atomic E-state index is -0.105. The maximum Gasteiger partial charge on any atom is 0.253 e. The summed E-state index contributed by atoms with van der Waals surface area (Å²) in [5, 5.41) is 6.31. The lowest BCUT2D eigenvalue weighted by Gasteiger charge is -2.28. The molecule has 144 valence electrons. The fourth-order valence-corrected chi connectivity index (χ4v) is 3.37. The fraction of sp³-hybridized carbons (Fsp3) is 0.600. The SMILES string of the molecule is CCOc1ccc(C(=O)N(C)C)cc1NC(=O)CC(C)C1CCNCC1. The summed E-state index contributed by atoms with van der Waals surface area (Å²) >= 11 is 0. The molecule has 6 nitrogen and oxygen atoms in total. The first kappa shape index (κ1) is 20.2. The van der Waals surface area contributed by atoms with E-state index in [9.17, 15) is 9.59 Å². The van der Waals surface area contributed by atoms with Crippen LogP contribution < -0.4 is 15.4 Å². The third-order valence-electron chi connectivity index (χ3n) is 4.90. The monoisotopic (exact) mass is 361 g/mol. The Hall–Kier alpha value is -2.08. The summed E-state index contributed by atoms with van der Waals surface area (Å²) < 4.78 is 5.61. The van der Waals surface area contributed by atoms with Crippen molar-refractivity contribution in [2.24, 2.45) is 11.8 Å². The molecule has 6 heteroatoms. The Kier molecular flexibility index (Phi) is 7.45. The number of carbonyl (C=O) groups is 2. The van der Waals surface area contributed by atoms with Crippen LogP contribution in [0.25, 0.3) is 0 Å². The van der Waals surface area contributed by atoms with Gasteiger partial charge in [0, 0.05) is 26.1 Å². The molecule has 0 aromatic heterocycles. The molecule has 1 saturated heterocycles. The zero-order valence-corrected chi connectivity index (χ0v) is 16.3. The van der Waals surface area contributed by atoms with E-state index in [1.54, 1.807) is 32.3 Å². The molecule has 1 aromatic rings. The zero-order chi connectivity index (χ0) is 19.1. The Balaban J connectivity index is 2.08. The molecule has 1 aromatic carbocycles. The van der Waals surface area contributed by atoms with E-state index in [4.69, 9.17) is 4.74 Å². The highest BCUT2D eigenvalue weighted by atomic mass is 16.5. The van der Waals surface area contributed by atoms with Crippen LogP contribution in [0.2, 0.25) is 0 Å². The molecule has 0 saturated carbocycles. The minimum absolute atomic E-state index is 0.0357. The van der Waals surface area contributed by atoms with Crippen LogP contribution in [0.3, 0.4) is 0 Å². The number of benzene rings is 1. The number of nitrogens with zero attached hydrogens (tertiary/aromatic N) is 1. The summed E-state index contributed by atoms with van der Waals surface area (Å²) in [6.07, 6.45) is 2.71. The summed E-state index contributed by atoms with van der Waals surface area (Å²) in [6, 6.07) is 5.16. The number of hydrogen-bond donors (Lipinski definition) is 2. The maximum absolute atomic E-state index is 12.6. The molecule has 1 aliphatic heterocycles. The van der Waals surface area contributed by atoms with Crippen LogP contribution in [-0.4, -0.2) is 50.5 Å². The predicted molar refractivity (Wildman–Crippen MR) is 104 cm³/mol. The Bertz CT molecular complexity index is 625. The summed E-state index contributed by atoms with van der Waals surface area (Å²) in [7, 11) is 3.41. The highest BCUT2D eigenvalue weighted by molar-refractivity contribution is 5.98. The maximum atomic E-state index is 12.6. The zero-order valence-electron chi connectivity index (χ0n) is 16.3. The van der Waals surface area contributed by atoms with Gasteiger partial charge in [0.05, 0.1) is 12.3 Å². The summed E-state index contributed by atoms with van der Waals surface area (Å²) in [6.45, 7) is 6.59. The smallest absolute Gasteiger partial charge is 0.253 e. The quantitative estimate of drug-likeness (QED) is 0.783. The molecule has 1 atom stereocenters. The van der Waals surface area contributed by atoms with E-state index in [1.807, 2.05) is 6.92 Å². The Morgan fingerprint density at radius 2 is 2.00 bits per heavy atom. The second-order valence-electron chi connectivity index (χ2n) is 7.16. The number of carbonyl (C=O) groups excluding carboxylic acids is 2. The van der Waals surface area contributed by atoms with Crippen molar-refractivity contribution in [1.82, 2.24) is 10.2 Å². The Labute approximate surface area is 156 Å². The highest BCUT2D eigenvalue weighted by Crippen LogP contribution is 2.28. The van der Waals surface area contributed by atoms with E-state index in [0.29, 0.717) is 41.9 Å². The van der Waals surface area contributed by atoms with Crippen LogP contribution in [0.15, 0.2) is 18.2 Å². The van der Waals surface area contributed by atoms with Crippen molar-refractivity contribution in [3.63, 3.8) is 0 Å². The van der Waals surface area contributed by atoms with Gasteiger partial charge >= 0.3 is 0 Å². The van der Waals surface area contributed by atoms with Crippen molar-refractivity contribution in [1.29, 1.82) is 0 Å². The Morgan fingerprint density at radius 1 is 1.31 bits per heavy atom. The molecule has 1 fully saturated rings. The lowest BCUT2D eigenvalue weighted by atomic mass is 9.84. The van der Waals surface area contributed by atoms with Gasteiger partial charge in [0.1, 0.15) is 5.75 Å².